The summed E-state index contributed by atoms with van der Waals surface area (Å²) < 4.78 is 26.3. The second kappa shape index (κ2) is 7.89. The van der Waals surface area contributed by atoms with Gasteiger partial charge in [-0.25, -0.2) is 8.78 Å². The van der Waals surface area contributed by atoms with E-state index in [9.17, 15) is 8.78 Å². The summed E-state index contributed by atoms with van der Waals surface area (Å²) in [5.41, 5.74) is 2.06. The van der Waals surface area contributed by atoms with Crippen LogP contribution in [0.4, 0.5) is 8.78 Å². The minimum absolute atomic E-state index is 0.220. The van der Waals surface area contributed by atoms with Gasteiger partial charge in [0, 0.05) is 6.04 Å². The Labute approximate surface area is 125 Å². The number of nitrogens with one attached hydrogen (secondary N) is 1. The van der Waals surface area contributed by atoms with Crippen LogP contribution in [0.1, 0.15) is 24.5 Å². The van der Waals surface area contributed by atoms with Gasteiger partial charge < -0.3 is 5.32 Å². The molecule has 0 saturated carbocycles. The first-order valence-electron chi connectivity index (χ1n) is 7.40. The minimum Gasteiger partial charge on any atom is -0.313 e. The molecule has 0 aliphatic carbocycles. The lowest BCUT2D eigenvalue weighted by atomic mass is 9.98. The molecule has 1 N–H and O–H groups in total. The van der Waals surface area contributed by atoms with Crippen molar-refractivity contribution in [3.05, 3.63) is 71.3 Å². The van der Waals surface area contributed by atoms with Gasteiger partial charge in [-0.1, -0.05) is 43.3 Å². The summed E-state index contributed by atoms with van der Waals surface area (Å²) in [4.78, 5) is 0. The van der Waals surface area contributed by atoms with Crippen molar-refractivity contribution in [1.29, 1.82) is 0 Å². The van der Waals surface area contributed by atoms with Crippen LogP contribution >= 0.6 is 0 Å². The van der Waals surface area contributed by atoms with Crippen molar-refractivity contribution in [2.24, 2.45) is 0 Å². The number of halogens is 2. The summed E-state index contributed by atoms with van der Waals surface area (Å²) >= 11 is 0. The predicted molar refractivity (Wildman–Crippen MR) is 82.3 cm³/mol. The summed E-state index contributed by atoms with van der Waals surface area (Å²) in [7, 11) is 0. The van der Waals surface area contributed by atoms with E-state index in [1.807, 2.05) is 18.2 Å². The first kappa shape index (κ1) is 15.6. The fourth-order valence-electron chi connectivity index (χ4n) is 2.41. The molecule has 0 aliphatic rings. The Morgan fingerprint density at radius 3 is 2.29 bits per heavy atom. The minimum atomic E-state index is -0.792. The first-order chi connectivity index (χ1) is 10.2. The van der Waals surface area contributed by atoms with Crippen LogP contribution in [-0.4, -0.2) is 12.6 Å². The van der Waals surface area contributed by atoms with Gasteiger partial charge in [-0.2, -0.15) is 0 Å². The maximum Gasteiger partial charge on any atom is 0.159 e. The molecule has 0 amide bonds. The molecule has 0 bridgehead atoms. The highest BCUT2D eigenvalue weighted by Crippen LogP contribution is 2.13. The molecule has 1 nitrogen and oxygen atoms in total. The van der Waals surface area contributed by atoms with Crippen molar-refractivity contribution < 1.29 is 8.78 Å². The molecule has 0 fully saturated rings. The van der Waals surface area contributed by atoms with E-state index in [1.165, 1.54) is 17.7 Å². The molecule has 0 radical (unpaired) electrons. The van der Waals surface area contributed by atoms with Crippen LogP contribution in [0.25, 0.3) is 0 Å². The number of rotatable bonds is 7. The zero-order chi connectivity index (χ0) is 15.1. The Balaban J connectivity index is 2.06. The Bertz CT molecular complexity index is 554. The van der Waals surface area contributed by atoms with Crippen LogP contribution in [0.2, 0.25) is 0 Å². The van der Waals surface area contributed by atoms with E-state index < -0.39 is 11.6 Å². The number of hydrogen-bond acceptors (Lipinski definition) is 1. The molecular weight excluding hydrogens is 268 g/mol. The fraction of sp³-hybridized carbons (Fsp3) is 0.333. The van der Waals surface area contributed by atoms with Crippen LogP contribution in [0.5, 0.6) is 0 Å². The third-order valence-electron chi connectivity index (χ3n) is 3.47. The molecule has 2 aromatic rings. The van der Waals surface area contributed by atoms with Gasteiger partial charge in [-0.15, -0.1) is 0 Å². The summed E-state index contributed by atoms with van der Waals surface area (Å²) in [5, 5.41) is 3.48. The van der Waals surface area contributed by atoms with Crippen molar-refractivity contribution >= 4 is 0 Å². The molecule has 0 aliphatic heterocycles. The van der Waals surface area contributed by atoms with Crippen LogP contribution in [-0.2, 0) is 12.8 Å². The van der Waals surface area contributed by atoms with Crippen molar-refractivity contribution in [2.75, 3.05) is 6.54 Å². The van der Waals surface area contributed by atoms with E-state index in [-0.39, 0.29) is 6.04 Å². The third kappa shape index (κ3) is 4.94. The van der Waals surface area contributed by atoms with Gasteiger partial charge in [0.25, 0.3) is 0 Å². The molecule has 2 rings (SSSR count). The quantitative estimate of drug-likeness (QED) is 0.808. The highest BCUT2D eigenvalue weighted by Gasteiger charge is 2.11. The molecule has 21 heavy (non-hydrogen) atoms. The van der Waals surface area contributed by atoms with Crippen molar-refractivity contribution in [3.8, 4) is 0 Å². The molecular formula is C18H21F2N. The molecule has 0 aromatic heterocycles. The molecule has 2 aromatic carbocycles. The van der Waals surface area contributed by atoms with Gasteiger partial charge in [0.15, 0.2) is 11.6 Å². The number of hydrogen-bond donors (Lipinski definition) is 1. The summed E-state index contributed by atoms with van der Waals surface area (Å²) in [6.45, 7) is 3.03. The van der Waals surface area contributed by atoms with E-state index in [1.54, 1.807) is 6.07 Å². The third-order valence-corrected chi connectivity index (χ3v) is 3.47. The van der Waals surface area contributed by atoms with Gasteiger partial charge in [-0.3, -0.25) is 0 Å². The smallest absolute Gasteiger partial charge is 0.159 e. The second-order valence-electron chi connectivity index (χ2n) is 5.29. The van der Waals surface area contributed by atoms with Crippen molar-refractivity contribution in [1.82, 2.24) is 5.32 Å². The van der Waals surface area contributed by atoms with E-state index in [0.717, 1.165) is 24.9 Å². The predicted octanol–water partition coefficient (Wildman–Crippen LogP) is 4.12. The molecule has 1 atom stereocenters. The van der Waals surface area contributed by atoms with E-state index in [0.29, 0.717) is 6.42 Å². The van der Waals surface area contributed by atoms with Gasteiger partial charge in [0.05, 0.1) is 0 Å². The van der Waals surface area contributed by atoms with Crippen LogP contribution < -0.4 is 5.32 Å². The van der Waals surface area contributed by atoms with E-state index in [4.69, 9.17) is 0 Å². The Kier molecular flexibility index (Phi) is 5.88. The number of benzene rings is 2. The van der Waals surface area contributed by atoms with Gasteiger partial charge >= 0.3 is 0 Å². The lowest BCUT2D eigenvalue weighted by Gasteiger charge is -2.19. The van der Waals surface area contributed by atoms with Gasteiger partial charge in [0.1, 0.15) is 0 Å². The van der Waals surface area contributed by atoms with E-state index >= 15 is 0 Å². The first-order valence-corrected chi connectivity index (χ1v) is 7.40. The Morgan fingerprint density at radius 2 is 1.62 bits per heavy atom. The standard InChI is InChI=1S/C18H21F2N/c1-2-10-21-16(11-14-6-4-3-5-7-14)12-15-8-9-17(19)18(20)13-15/h3-9,13,16,21H,2,10-12H2,1H3. The molecule has 0 heterocycles. The van der Waals surface area contributed by atoms with Crippen molar-refractivity contribution in [3.63, 3.8) is 0 Å². The summed E-state index contributed by atoms with van der Waals surface area (Å²) in [5.74, 6) is -1.57. The molecule has 112 valence electrons. The van der Waals surface area contributed by atoms with Crippen LogP contribution in [0.3, 0.4) is 0 Å². The van der Waals surface area contributed by atoms with Crippen LogP contribution in [0, 0.1) is 11.6 Å². The summed E-state index contributed by atoms with van der Waals surface area (Å²) in [6, 6.07) is 14.6. The average molecular weight is 289 g/mol. The van der Waals surface area contributed by atoms with Crippen molar-refractivity contribution in [2.45, 2.75) is 32.2 Å². The Morgan fingerprint density at radius 1 is 0.905 bits per heavy atom. The Hall–Kier alpha value is -1.74. The van der Waals surface area contributed by atoms with Gasteiger partial charge in [0.2, 0.25) is 0 Å². The van der Waals surface area contributed by atoms with E-state index in [2.05, 4.69) is 24.4 Å². The maximum absolute atomic E-state index is 13.3. The molecule has 0 spiro atoms. The molecule has 1 unspecified atom stereocenters. The molecule has 3 heteroatoms. The monoisotopic (exact) mass is 289 g/mol. The average Bonchev–Trinajstić information content (AvgIpc) is 2.49. The zero-order valence-corrected chi connectivity index (χ0v) is 12.3. The SMILES string of the molecule is CCCNC(Cc1ccccc1)Cc1ccc(F)c(F)c1. The topological polar surface area (TPSA) is 12.0 Å². The maximum atomic E-state index is 13.3. The lowest BCUT2D eigenvalue weighted by molar-refractivity contribution is 0.492. The fourth-order valence-corrected chi connectivity index (χ4v) is 2.41. The second-order valence-corrected chi connectivity index (χ2v) is 5.29. The van der Waals surface area contributed by atoms with Gasteiger partial charge in [-0.05, 0) is 49.1 Å². The normalized spacial score (nSPS) is 12.3. The largest absolute Gasteiger partial charge is 0.313 e. The van der Waals surface area contributed by atoms with Crippen LogP contribution in [0.15, 0.2) is 48.5 Å². The highest BCUT2D eigenvalue weighted by atomic mass is 19.2. The zero-order valence-electron chi connectivity index (χ0n) is 12.3. The summed E-state index contributed by atoms with van der Waals surface area (Å²) in [6.07, 6.45) is 2.61. The molecule has 0 saturated heterocycles. The highest BCUT2D eigenvalue weighted by molar-refractivity contribution is 5.21. The lowest BCUT2D eigenvalue weighted by Crippen LogP contribution is -2.33.